The summed E-state index contributed by atoms with van der Waals surface area (Å²) in [5, 5.41) is 8.28. The summed E-state index contributed by atoms with van der Waals surface area (Å²) >= 11 is 0. The van der Waals surface area contributed by atoms with E-state index in [1.807, 2.05) is 50.2 Å². The SMILES string of the molecule is CC(C)n1ncn(-c2ccc(N3CCN(c4ccc(OC[C@H]5CO[C@](Cn6cncn6)(c6ccc(F)cc6F)O5)cc4)CC3)nc2)c1=O. The minimum absolute atomic E-state index is 0.0194. The molecule has 48 heavy (non-hydrogen) atoms. The van der Waals surface area contributed by atoms with E-state index in [-0.39, 0.29) is 37.1 Å². The number of benzene rings is 2. The van der Waals surface area contributed by atoms with Crippen LogP contribution >= 0.6 is 0 Å². The van der Waals surface area contributed by atoms with E-state index in [9.17, 15) is 13.6 Å². The Morgan fingerprint density at radius 2 is 1.73 bits per heavy atom. The summed E-state index contributed by atoms with van der Waals surface area (Å²) in [4.78, 5) is 25.7. The van der Waals surface area contributed by atoms with Crippen LogP contribution in [0.15, 0.2) is 84.6 Å². The zero-order valence-corrected chi connectivity index (χ0v) is 26.5. The second-order valence-electron chi connectivity index (χ2n) is 12.0. The van der Waals surface area contributed by atoms with Gasteiger partial charge in [-0.2, -0.15) is 10.2 Å². The molecule has 2 aliphatic heterocycles. The van der Waals surface area contributed by atoms with Gasteiger partial charge in [-0.05, 0) is 62.4 Å². The second kappa shape index (κ2) is 13.2. The summed E-state index contributed by atoms with van der Waals surface area (Å²) in [5.41, 5.74) is 1.64. The van der Waals surface area contributed by atoms with Crippen LogP contribution in [0.25, 0.3) is 5.69 Å². The lowest BCUT2D eigenvalue weighted by Crippen LogP contribution is -2.46. The molecule has 2 aromatic carbocycles. The van der Waals surface area contributed by atoms with Crippen LogP contribution in [0.2, 0.25) is 0 Å². The Labute approximate surface area is 274 Å². The predicted octanol–water partition coefficient (Wildman–Crippen LogP) is 3.55. The summed E-state index contributed by atoms with van der Waals surface area (Å²) in [6, 6.07) is 14.9. The van der Waals surface area contributed by atoms with Crippen molar-refractivity contribution in [1.29, 1.82) is 0 Å². The standard InChI is InChI=1S/C33H35F2N9O4/c1-23(2)44-32(45)43(22-39-44)26-6-10-31(37-16-26)41-13-11-40(12-14-41)25-4-7-27(8-5-25)46-17-28-18-47-33(48-28,19-42-21-36-20-38-42)29-9-3-24(34)15-30(29)35/h3-10,15-16,20-23,28H,11-14,17-19H2,1-2H3/t28-,33-/m0/s1. The number of piperazine rings is 1. The first kappa shape index (κ1) is 31.4. The second-order valence-corrected chi connectivity index (χ2v) is 12.0. The molecule has 2 atom stereocenters. The summed E-state index contributed by atoms with van der Waals surface area (Å²) < 4.78 is 51.2. The highest BCUT2D eigenvalue weighted by molar-refractivity contribution is 5.52. The molecule has 0 aliphatic carbocycles. The lowest BCUT2D eigenvalue weighted by molar-refractivity contribution is -0.192. The molecule has 3 aromatic heterocycles. The molecule has 2 saturated heterocycles. The Kier molecular flexibility index (Phi) is 8.62. The number of pyridine rings is 1. The Bertz CT molecular complexity index is 1890. The van der Waals surface area contributed by atoms with Crippen molar-refractivity contribution in [2.75, 3.05) is 49.2 Å². The monoisotopic (exact) mass is 659 g/mol. The average Bonchev–Trinajstić information content (AvgIpc) is 3.85. The lowest BCUT2D eigenvalue weighted by atomic mass is 10.0. The van der Waals surface area contributed by atoms with Gasteiger partial charge in [0.2, 0.25) is 5.79 Å². The maximum atomic E-state index is 14.9. The zero-order valence-electron chi connectivity index (χ0n) is 26.5. The Morgan fingerprint density at radius 1 is 0.958 bits per heavy atom. The van der Waals surface area contributed by atoms with E-state index in [1.165, 1.54) is 45.0 Å². The third kappa shape index (κ3) is 6.38. The molecule has 5 aromatic rings. The minimum Gasteiger partial charge on any atom is -0.491 e. The molecule has 7 rings (SSSR count). The van der Waals surface area contributed by atoms with Crippen LogP contribution in [0.1, 0.15) is 25.5 Å². The third-order valence-electron chi connectivity index (χ3n) is 8.47. The maximum Gasteiger partial charge on any atom is 0.350 e. The normalized spacial score (nSPS) is 19.7. The molecule has 0 radical (unpaired) electrons. The smallest absolute Gasteiger partial charge is 0.350 e. The van der Waals surface area contributed by atoms with Crippen molar-refractivity contribution in [1.82, 2.24) is 34.1 Å². The molecule has 2 fully saturated rings. The number of hydrogen-bond donors (Lipinski definition) is 0. The lowest BCUT2D eigenvalue weighted by Gasteiger charge is -2.36. The van der Waals surface area contributed by atoms with Gasteiger partial charge in [-0.3, -0.25) is 0 Å². The first-order valence-corrected chi connectivity index (χ1v) is 15.7. The quantitative estimate of drug-likeness (QED) is 0.220. The van der Waals surface area contributed by atoms with Crippen molar-refractivity contribution in [3.8, 4) is 11.4 Å². The molecule has 0 spiro atoms. The van der Waals surface area contributed by atoms with E-state index in [0.717, 1.165) is 43.8 Å². The number of ether oxygens (including phenoxy) is 3. The van der Waals surface area contributed by atoms with Crippen molar-refractivity contribution < 1.29 is 23.0 Å². The summed E-state index contributed by atoms with van der Waals surface area (Å²) in [6.07, 6.45) is 5.56. The van der Waals surface area contributed by atoms with Crippen LogP contribution in [-0.2, 0) is 21.8 Å². The molecule has 2 aliphatic rings. The summed E-state index contributed by atoms with van der Waals surface area (Å²) in [5.74, 6) is -1.46. The summed E-state index contributed by atoms with van der Waals surface area (Å²) in [7, 11) is 0. The van der Waals surface area contributed by atoms with E-state index in [4.69, 9.17) is 14.2 Å². The van der Waals surface area contributed by atoms with Crippen LogP contribution in [0, 0.1) is 11.6 Å². The topological polar surface area (TPSA) is 118 Å². The molecule has 0 amide bonds. The number of anilines is 2. The van der Waals surface area contributed by atoms with Crippen LogP contribution in [0.4, 0.5) is 20.3 Å². The van der Waals surface area contributed by atoms with Gasteiger partial charge in [-0.25, -0.2) is 37.5 Å². The van der Waals surface area contributed by atoms with Crippen molar-refractivity contribution in [2.45, 2.75) is 38.3 Å². The van der Waals surface area contributed by atoms with Gasteiger partial charge >= 0.3 is 5.69 Å². The highest BCUT2D eigenvalue weighted by Gasteiger charge is 2.46. The number of rotatable bonds is 10. The predicted molar refractivity (Wildman–Crippen MR) is 171 cm³/mol. The fraction of sp³-hybridized carbons (Fsp3) is 0.364. The highest BCUT2D eigenvalue weighted by Crippen LogP contribution is 2.38. The number of nitrogens with zero attached hydrogens (tertiary/aromatic N) is 9. The number of aromatic nitrogens is 7. The van der Waals surface area contributed by atoms with E-state index < -0.39 is 23.5 Å². The van der Waals surface area contributed by atoms with E-state index in [2.05, 4.69) is 30.0 Å². The largest absolute Gasteiger partial charge is 0.491 e. The van der Waals surface area contributed by atoms with Gasteiger partial charge in [0.15, 0.2) is 0 Å². The zero-order chi connectivity index (χ0) is 33.3. The van der Waals surface area contributed by atoms with Gasteiger partial charge in [0.25, 0.3) is 0 Å². The average molecular weight is 660 g/mol. The molecule has 13 nitrogen and oxygen atoms in total. The van der Waals surface area contributed by atoms with Crippen LogP contribution in [0.5, 0.6) is 5.75 Å². The van der Waals surface area contributed by atoms with E-state index in [1.54, 1.807) is 6.20 Å². The maximum absolute atomic E-state index is 14.9. The van der Waals surface area contributed by atoms with Gasteiger partial charge in [-0.15, -0.1) is 0 Å². The Morgan fingerprint density at radius 3 is 2.40 bits per heavy atom. The van der Waals surface area contributed by atoms with Gasteiger partial charge in [0, 0.05) is 43.5 Å². The van der Waals surface area contributed by atoms with Crippen molar-refractivity contribution >= 4 is 11.5 Å². The summed E-state index contributed by atoms with van der Waals surface area (Å²) in [6.45, 7) is 7.38. The Balaban J connectivity index is 0.929. The molecular formula is C33H35F2N9O4. The molecule has 15 heteroatoms. The first-order chi connectivity index (χ1) is 23.3. The fourth-order valence-electron chi connectivity index (χ4n) is 5.97. The van der Waals surface area contributed by atoms with E-state index >= 15 is 0 Å². The van der Waals surface area contributed by atoms with Crippen molar-refractivity contribution in [2.24, 2.45) is 0 Å². The first-order valence-electron chi connectivity index (χ1n) is 15.7. The third-order valence-corrected chi connectivity index (χ3v) is 8.47. The van der Waals surface area contributed by atoms with Crippen molar-refractivity contribution in [3.63, 3.8) is 0 Å². The molecular weight excluding hydrogens is 624 g/mol. The van der Waals surface area contributed by atoms with Crippen LogP contribution in [0.3, 0.4) is 0 Å². The molecule has 250 valence electrons. The van der Waals surface area contributed by atoms with Crippen LogP contribution in [-0.4, -0.2) is 79.6 Å². The van der Waals surface area contributed by atoms with Crippen LogP contribution < -0.4 is 20.2 Å². The molecule has 0 N–H and O–H groups in total. The molecule has 0 bridgehead atoms. The number of halogens is 2. The van der Waals surface area contributed by atoms with E-state index in [0.29, 0.717) is 11.4 Å². The van der Waals surface area contributed by atoms with Gasteiger partial charge < -0.3 is 24.0 Å². The number of hydrogen-bond acceptors (Lipinski definition) is 10. The molecule has 0 saturated carbocycles. The van der Waals surface area contributed by atoms with Crippen molar-refractivity contribution in [3.05, 3.63) is 107 Å². The minimum atomic E-state index is -1.51. The highest BCUT2D eigenvalue weighted by atomic mass is 19.1. The Hall–Kier alpha value is -5.15. The van der Waals surface area contributed by atoms with Gasteiger partial charge in [0.1, 0.15) is 61.4 Å². The van der Waals surface area contributed by atoms with Gasteiger partial charge in [0.05, 0.1) is 24.5 Å². The molecule has 5 heterocycles. The van der Waals surface area contributed by atoms with Gasteiger partial charge in [-0.1, -0.05) is 0 Å². The fourth-order valence-corrected chi connectivity index (χ4v) is 5.97. The molecule has 0 unspecified atom stereocenters.